The molecule has 0 atom stereocenters. The van der Waals surface area contributed by atoms with Crippen molar-refractivity contribution in [2.24, 2.45) is 28.2 Å². The lowest BCUT2D eigenvalue weighted by molar-refractivity contribution is -0.661. The van der Waals surface area contributed by atoms with Crippen LogP contribution in [0, 0.1) is 55.3 Å². The zero-order valence-electron chi connectivity index (χ0n) is 52.3. The second kappa shape index (κ2) is 25.2. The number of aromatic nitrogens is 4. The van der Waals surface area contributed by atoms with Gasteiger partial charge in [-0.3, -0.25) is 0 Å². The maximum absolute atomic E-state index is 8.21. The number of rotatable bonds is 8. The molecule has 0 aliphatic carbocycles. The van der Waals surface area contributed by atoms with Crippen LogP contribution < -0.4 is 18.3 Å². The number of hydrogen-bond acceptors (Lipinski definition) is 0. The van der Waals surface area contributed by atoms with E-state index in [2.05, 4.69) is 214 Å². The SMILES string of the molecule is Cc1ccc(-c2ccc(C(C)C)c[n+]2C)c(C)c1.Cc1ccccc1-c1cc(C)c(C(C)C)c[n+]1C.[2H]C(C)(C)c1c[n+](C)c(-c2ccccc2C)cc1C.[2H]C([2H])([2H])c1ccc(-c2ccc(C([2H])(C)C)c[n+]2C)c(C)c1. The normalized spacial score (nSPS) is 12.5. The zero-order valence-corrected chi connectivity index (χ0v) is 47.3. The molecule has 72 heavy (non-hydrogen) atoms. The Labute approximate surface area is 443 Å². The average Bonchev–Trinajstić information content (AvgIpc) is 3.33. The van der Waals surface area contributed by atoms with Gasteiger partial charge in [0.05, 0.1) is 0 Å². The van der Waals surface area contributed by atoms with Crippen LogP contribution in [-0.2, 0) is 28.2 Å². The summed E-state index contributed by atoms with van der Waals surface area (Å²) in [6, 6.07) is 41.8. The van der Waals surface area contributed by atoms with Crippen LogP contribution in [0.2, 0.25) is 0 Å². The largest absolute Gasteiger partial charge is 0.212 e. The summed E-state index contributed by atoms with van der Waals surface area (Å²) in [4.78, 5) is 0. The Morgan fingerprint density at radius 2 is 0.750 bits per heavy atom. The zero-order chi connectivity index (χ0) is 57.5. The molecule has 8 aromatic rings. The first-order chi connectivity index (χ1) is 35.8. The van der Waals surface area contributed by atoms with Crippen LogP contribution in [0.3, 0.4) is 0 Å². The van der Waals surface area contributed by atoms with E-state index in [0.717, 1.165) is 27.9 Å². The number of hydrogen-bond donors (Lipinski definition) is 0. The quantitative estimate of drug-likeness (QED) is 0.135. The number of nitrogens with zero attached hydrogens (tertiary/aromatic N) is 4. The molecular formula is C68H88N4+4. The van der Waals surface area contributed by atoms with Crippen molar-refractivity contribution < 1.29 is 25.1 Å². The van der Waals surface area contributed by atoms with Crippen LogP contribution in [-0.4, -0.2) is 0 Å². The molecular weight excluding hydrogens is 873 g/mol. The first kappa shape index (κ1) is 49.1. The van der Waals surface area contributed by atoms with Gasteiger partial charge in [-0.15, -0.1) is 0 Å². The maximum atomic E-state index is 8.21. The standard InChI is InChI=1S/4C17H22N/c2*1-12(2)15-7-9-17(18(5)11-15)16-8-6-13(3)10-14(16)4;2*1-12(2)16-11-18(5)17(10-14(16)4)15-9-7-6-8-13(15)3/h4*6-12H,1-5H3/q4*+1/i3D3,12D;;12D;. The minimum absolute atomic E-state index is 0.361. The Kier molecular flexibility index (Phi) is 17.2. The van der Waals surface area contributed by atoms with Gasteiger partial charge in [0, 0.05) is 75.6 Å². The molecule has 0 saturated heterocycles. The molecule has 4 heteroatoms. The van der Waals surface area contributed by atoms with Gasteiger partial charge in [-0.2, -0.15) is 0 Å². The Morgan fingerprint density at radius 1 is 0.347 bits per heavy atom. The van der Waals surface area contributed by atoms with Crippen molar-refractivity contribution in [3.8, 4) is 45.0 Å². The van der Waals surface area contributed by atoms with Crippen molar-refractivity contribution in [3.05, 3.63) is 213 Å². The Balaban J connectivity index is 0.000000190. The molecule has 8 rings (SSSR count). The lowest BCUT2D eigenvalue weighted by Crippen LogP contribution is -2.32. The van der Waals surface area contributed by atoms with E-state index in [0.29, 0.717) is 17.4 Å². The number of aryl methyl sites for hydroxylation is 12. The first-order valence-electron chi connectivity index (χ1n) is 28.1. The van der Waals surface area contributed by atoms with E-state index in [1.54, 1.807) is 12.1 Å². The Bertz CT molecular complexity index is 3270. The fourth-order valence-corrected chi connectivity index (χ4v) is 9.39. The van der Waals surface area contributed by atoms with Gasteiger partial charge in [-0.05, 0) is 149 Å². The fraction of sp³-hybridized carbons (Fsp3) is 0.353. The molecule has 0 bridgehead atoms. The summed E-state index contributed by atoms with van der Waals surface area (Å²) in [5.41, 5.74) is 23.6. The lowest BCUT2D eigenvalue weighted by Gasteiger charge is -2.11. The number of benzene rings is 4. The van der Waals surface area contributed by atoms with Gasteiger partial charge in [0.1, 0.15) is 28.2 Å². The highest BCUT2D eigenvalue weighted by molar-refractivity contribution is 5.64. The summed E-state index contributed by atoms with van der Waals surface area (Å²) in [6.45, 7) is 29.3. The summed E-state index contributed by atoms with van der Waals surface area (Å²) in [7, 11) is 8.26. The third-order valence-electron chi connectivity index (χ3n) is 13.7. The van der Waals surface area contributed by atoms with E-state index in [4.69, 9.17) is 6.85 Å². The summed E-state index contributed by atoms with van der Waals surface area (Å²) in [6.07, 6.45) is 8.55. The third kappa shape index (κ3) is 14.3. The molecule has 0 radical (unpaired) electrons. The molecule has 0 N–H and O–H groups in total. The van der Waals surface area contributed by atoms with E-state index in [1.165, 1.54) is 78.3 Å². The lowest BCUT2D eigenvalue weighted by atomic mass is 9.97. The van der Waals surface area contributed by atoms with Crippen molar-refractivity contribution in [3.63, 3.8) is 0 Å². The summed E-state index contributed by atoms with van der Waals surface area (Å²) >= 11 is 0. The molecule has 4 heterocycles. The van der Waals surface area contributed by atoms with Crippen LogP contribution >= 0.6 is 0 Å². The average molecular weight is 967 g/mol. The molecule has 0 aliphatic rings. The summed E-state index contributed by atoms with van der Waals surface area (Å²) in [5.74, 6) is -0.0609. The minimum atomic E-state index is -2.08. The van der Waals surface area contributed by atoms with Gasteiger partial charge in [0.15, 0.2) is 24.8 Å². The molecule has 4 nitrogen and oxygen atoms in total. The highest BCUT2D eigenvalue weighted by Crippen LogP contribution is 2.28. The second-order valence-electron chi connectivity index (χ2n) is 20.9. The van der Waals surface area contributed by atoms with E-state index in [-0.39, 0.29) is 0 Å². The summed E-state index contributed by atoms with van der Waals surface area (Å²) in [5, 5.41) is 0. The van der Waals surface area contributed by atoms with Crippen LogP contribution in [0.5, 0.6) is 0 Å². The predicted molar refractivity (Wildman–Crippen MR) is 306 cm³/mol. The molecule has 0 unspecified atom stereocenters. The van der Waals surface area contributed by atoms with Gasteiger partial charge in [0.25, 0.3) is 0 Å². The molecule has 376 valence electrons. The van der Waals surface area contributed by atoms with Crippen LogP contribution in [0.15, 0.2) is 146 Å². The van der Waals surface area contributed by atoms with Gasteiger partial charge >= 0.3 is 0 Å². The summed E-state index contributed by atoms with van der Waals surface area (Å²) < 4.78 is 47.4. The second-order valence-corrected chi connectivity index (χ2v) is 20.9. The Morgan fingerprint density at radius 3 is 1.17 bits per heavy atom. The molecule has 4 aromatic heterocycles. The van der Waals surface area contributed by atoms with Crippen molar-refractivity contribution in [1.82, 2.24) is 0 Å². The fourth-order valence-electron chi connectivity index (χ4n) is 9.39. The molecule has 0 aliphatic heterocycles. The Hall–Kier alpha value is -6.52. The maximum Gasteiger partial charge on any atom is 0.212 e. The molecule has 4 aromatic carbocycles. The van der Waals surface area contributed by atoms with Crippen LogP contribution in [0.1, 0.15) is 153 Å². The molecule has 0 spiro atoms. The van der Waals surface area contributed by atoms with E-state index < -0.39 is 18.6 Å². The predicted octanol–water partition coefficient (Wildman–Crippen LogP) is 15.7. The minimum Gasteiger partial charge on any atom is -0.201 e. The van der Waals surface area contributed by atoms with Crippen molar-refractivity contribution >= 4 is 0 Å². The van der Waals surface area contributed by atoms with Crippen molar-refractivity contribution in [1.29, 1.82) is 0 Å². The first-order valence-corrected chi connectivity index (χ1v) is 25.6. The topological polar surface area (TPSA) is 15.5 Å². The van der Waals surface area contributed by atoms with E-state index in [1.807, 2.05) is 70.6 Å². The van der Waals surface area contributed by atoms with Gasteiger partial charge in [-0.25, -0.2) is 18.3 Å². The number of pyridine rings is 4. The van der Waals surface area contributed by atoms with E-state index >= 15 is 0 Å². The van der Waals surface area contributed by atoms with Gasteiger partial charge < -0.3 is 0 Å². The monoisotopic (exact) mass is 966 g/mol. The molecule has 0 fully saturated rings. The van der Waals surface area contributed by atoms with Crippen LogP contribution in [0.4, 0.5) is 0 Å². The van der Waals surface area contributed by atoms with Crippen molar-refractivity contribution in [2.75, 3.05) is 0 Å². The van der Waals surface area contributed by atoms with E-state index in [9.17, 15) is 0 Å². The molecule has 0 amide bonds. The highest BCUT2D eigenvalue weighted by atomic mass is 14.9. The van der Waals surface area contributed by atoms with Crippen LogP contribution in [0.25, 0.3) is 45.0 Å². The van der Waals surface area contributed by atoms with Crippen molar-refractivity contribution in [2.45, 2.75) is 134 Å². The molecule has 0 saturated carbocycles. The third-order valence-corrected chi connectivity index (χ3v) is 13.7. The van der Waals surface area contributed by atoms with Gasteiger partial charge in [-0.1, -0.05) is 127 Å². The smallest absolute Gasteiger partial charge is 0.201 e. The highest BCUT2D eigenvalue weighted by Gasteiger charge is 2.19. The van der Waals surface area contributed by atoms with Gasteiger partial charge in [0.2, 0.25) is 22.8 Å².